The topological polar surface area (TPSA) is 73.0 Å². The van der Waals surface area contributed by atoms with E-state index in [0.29, 0.717) is 6.54 Å². The molecule has 0 bridgehead atoms. The molecule has 108 valence electrons. The summed E-state index contributed by atoms with van der Waals surface area (Å²) in [5, 5.41) is 17.4. The minimum absolute atomic E-state index is 0.0155. The van der Waals surface area contributed by atoms with E-state index in [1.165, 1.54) is 18.5 Å². The third kappa shape index (κ3) is 3.83. The lowest BCUT2D eigenvalue weighted by atomic mass is 10.2. The minimum Gasteiger partial charge on any atom is -0.362 e. The van der Waals surface area contributed by atoms with Gasteiger partial charge >= 0.3 is 11.9 Å². The number of aryl methyl sites for hydroxylation is 2. The molecule has 1 N–H and O–H groups in total. The summed E-state index contributed by atoms with van der Waals surface area (Å²) in [5.41, 5.74) is -0.107. The molecule has 0 aliphatic carbocycles. The molecule has 1 rings (SSSR count). The molecule has 0 aliphatic rings. The molecule has 0 saturated carbocycles. The second-order valence-electron chi connectivity index (χ2n) is 4.22. The van der Waals surface area contributed by atoms with Crippen LogP contribution >= 0.6 is 0 Å². The van der Waals surface area contributed by atoms with Crippen LogP contribution in [0.1, 0.15) is 26.0 Å². The van der Waals surface area contributed by atoms with Crippen molar-refractivity contribution in [1.29, 1.82) is 0 Å². The molecule has 0 aliphatic heterocycles. The Labute approximate surface area is 107 Å². The molecular weight excluding hydrogens is 265 g/mol. The van der Waals surface area contributed by atoms with Gasteiger partial charge in [0.05, 0.1) is 11.3 Å². The van der Waals surface area contributed by atoms with E-state index in [1.54, 1.807) is 6.92 Å². The molecule has 6 nitrogen and oxygen atoms in total. The Kier molecular flexibility index (Phi) is 4.38. The molecule has 0 radical (unpaired) electrons. The van der Waals surface area contributed by atoms with Crippen molar-refractivity contribution in [3.8, 4) is 0 Å². The number of nitrogens with one attached hydrogen (secondary N) is 1. The Morgan fingerprint density at radius 1 is 1.53 bits per heavy atom. The zero-order valence-electron chi connectivity index (χ0n) is 10.8. The van der Waals surface area contributed by atoms with E-state index in [4.69, 9.17) is 0 Å². The van der Waals surface area contributed by atoms with Crippen molar-refractivity contribution < 1.29 is 18.1 Å². The van der Waals surface area contributed by atoms with Crippen molar-refractivity contribution >= 4 is 11.5 Å². The van der Waals surface area contributed by atoms with Gasteiger partial charge in [0, 0.05) is 12.6 Å². The first-order chi connectivity index (χ1) is 8.65. The van der Waals surface area contributed by atoms with Crippen LogP contribution in [0.3, 0.4) is 0 Å². The minimum atomic E-state index is -4.33. The van der Waals surface area contributed by atoms with E-state index in [0.717, 1.165) is 0 Å². The monoisotopic (exact) mass is 280 g/mol. The van der Waals surface area contributed by atoms with Crippen LogP contribution in [-0.2, 0) is 6.54 Å². The summed E-state index contributed by atoms with van der Waals surface area (Å²) in [4.78, 5) is 10.3. The molecule has 0 spiro atoms. The maximum atomic E-state index is 12.3. The average Bonchev–Trinajstić information content (AvgIpc) is 2.51. The lowest BCUT2D eigenvalue weighted by Crippen LogP contribution is -2.25. The van der Waals surface area contributed by atoms with Gasteiger partial charge in [-0.15, -0.1) is 0 Å². The molecular formula is C10H15F3N4O2. The highest BCUT2D eigenvalue weighted by Gasteiger charge is 2.32. The number of rotatable bonds is 5. The number of nitrogens with zero attached hydrogens (tertiary/aromatic N) is 3. The molecule has 1 heterocycles. The predicted molar refractivity (Wildman–Crippen MR) is 63.0 cm³/mol. The normalized spacial score (nSPS) is 13.4. The van der Waals surface area contributed by atoms with E-state index in [-0.39, 0.29) is 17.2 Å². The third-order valence-corrected chi connectivity index (χ3v) is 2.50. The van der Waals surface area contributed by atoms with Crippen LogP contribution in [0.25, 0.3) is 0 Å². The molecule has 19 heavy (non-hydrogen) atoms. The summed E-state index contributed by atoms with van der Waals surface area (Å²) in [6, 6.07) is -0.972. The van der Waals surface area contributed by atoms with Crippen molar-refractivity contribution in [1.82, 2.24) is 9.78 Å². The Morgan fingerprint density at radius 3 is 2.53 bits per heavy atom. The lowest BCUT2D eigenvalue weighted by molar-refractivity contribution is -0.384. The number of halogens is 3. The predicted octanol–water partition coefficient (Wildman–Crippen LogP) is 2.87. The molecule has 1 atom stereocenters. The highest BCUT2D eigenvalue weighted by molar-refractivity contribution is 5.59. The summed E-state index contributed by atoms with van der Waals surface area (Å²) >= 11 is 0. The van der Waals surface area contributed by atoms with Crippen molar-refractivity contribution in [3.05, 3.63) is 15.8 Å². The van der Waals surface area contributed by atoms with Crippen LogP contribution in [0.5, 0.6) is 0 Å². The first kappa shape index (κ1) is 15.3. The van der Waals surface area contributed by atoms with E-state index >= 15 is 0 Å². The highest BCUT2D eigenvalue weighted by Crippen LogP contribution is 2.30. The van der Waals surface area contributed by atoms with Gasteiger partial charge in [0.15, 0.2) is 0 Å². The standard InChI is InChI=1S/C10H15F3N4O2/c1-4-16-9(8(17(18)19)7(3)15-16)14-6(2)5-10(11,12)13/h6,14H,4-5H2,1-3H3. The average molecular weight is 280 g/mol. The number of aromatic nitrogens is 2. The van der Waals surface area contributed by atoms with E-state index in [9.17, 15) is 23.3 Å². The molecule has 0 saturated heterocycles. The fraction of sp³-hybridized carbons (Fsp3) is 0.700. The molecule has 9 heteroatoms. The second-order valence-corrected chi connectivity index (χ2v) is 4.22. The largest absolute Gasteiger partial charge is 0.391 e. The van der Waals surface area contributed by atoms with Crippen LogP contribution in [0.4, 0.5) is 24.7 Å². The van der Waals surface area contributed by atoms with Crippen LogP contribution in [0.2, 0.25) is 0 Å². The van der Waals surface area contributed by atoms with Gasteiger partial charge in [0.1, 0.15) is 5.69 Å². The summed E-state index contributed by atoms with van der Waals surface area (Å²) in [7, 11) is 0. The van der Waals surface area contributed by atoms with Crippen LogP contribution < -0.4 is 5.32 Å². The van der Waals surface area contributed by atoms with Crippen LogP contribution in [-0.4, -0.2) is 26.9 Å². The van der Waals surface area contributed by atoms with Gasteiger partial charge in [-0.25, -0.2) is 4.68 Å². The smallest absolute Gasteiger partial charge is 0.362 e. The van der Waals surface area contributed by atoms with Crippen LogP contribution in [0, 0.1) is 17.0 Å². The molecule has 1 aromatic heterocycles. The molecule has 1 aromatic rings. The number of nitro groups is 1. The van der Waals surface area contributed by atoms with Gasteiger partial charge in [-0.1, -0.05) is 0 Å². The molecule has 0 aromatic carbocycles. The molecule has 1 unspecified atom stereocenters. The number of hydrogen-bond acceptors (Lipinski definition) is 4. The summed E-state index contributed by atoms with van der Waals surface area (Å²) < 4.78 is 38.1. The van der Waals surface area contributed by atoms with Gasteiger partial charge < -0.3 is 5.32 Å². The van der Waals surface area contributed by atoms with Crippen molar-refractivity contribution in [2.75, 3.05) is 5.32 Å². The van der Waals surface area contributed by atoms with E-state index in [1.807, 2.05) is 0 Å². The number of alkyl halides is 3. The Balaban J connectivity index is 3.02. The van der Waals surface area contributed by atoms with Crippen molar-refractivity contribution in [2.24, 2.45) is 0 Å². The first-order valence-electron chi connectivity index (χ1n) is 5.70. The van der Waals surface area contributed by atoms with Crippen LogP contribution in [0.15, 0.2) is 0 Å². The van der Waals surface area contributed by atoms with E-state index in [2.05, 4.69) is 10.4 Å². The van der Waals surface area contributed by atoms with Gasteiger partial charge in [0.2, 0.25) is 5.82 Å². The van der Waals surface area contributed by atoms with E-state index < -0.39 is 23.6 Å². The zero-order chi connectivity index (χ0) is 14.8. The number of anilines is 1. The lowest BCUT2D eigenvalue weighted by Gasteiger charge is -2.16. The third-order valence-electron chi connectivity index (χ3n) is 2.50. The molecule has 0 fully saturated rings. The maximum Gasteiger partial charge on any atom is 0.391 e. The highest BCUT2D eigenvalue weighted by atomic mass is 19.4. The summed E-state index contributed by atoms with van der Waals surface area (Å²) in [5.74, 6) is 0.0155. The van der Waals surface area contributed by atoms with Gasteiger partial charge in [-0.2, -0.15) is 18.3 Å². The number of hydrogen-bond donors (Lipinski definition) is 1. The SMILES string of the molecule is CCn1nc(C)c([N+](=O)[O-])c1NC(C)CC(F)(F)F. The zero-order valence-corrected chi connectivity index (χ0v) is 10.8. The van der Waals surface area contributed by atoms with Crippen molar-refractivity contribution in [3.63, 3.8) is 0 Å². The summed E-state index contributed by atoms with van der Waals surface area (Å²) in [6.07, 6.45) is -5.40. The van der Waals surface area contributed by atoms with Gasteiger partial charge in [-0.3, -0.25) is 10.1 Å². The van der Waals surface area contributed by atoms with Crippen molar-refractivity contribution in [2.45, 2.75) is 46.0 Å². The second kappa shape index (κ2) is 5.45. The first-order valence-corrected chi connectivity index (χ1v) is 5.70. The summed E-state index contributed by atoms with van der Waals surface area (Å²) in [6.45, 7) is 4.80. The molecule has 0 amide bonds. The Hall–Kier alpha value is -1.80. The quantitative estimate of drug-likeness (QED) is 0.665. The fourth-order valence-corrected chi connectivity index (χ4v) is 1.79. The Morgan fingerprint density at radius 2 is 2.11 bits per heavy atom. The Bertz CT molecular complexity index is 470. The maximum absolute atomic E-state index is 12.3. The van der Waals surface area contributed by atoms with Gasteiger partial charge in [-0.05, 0) is 20.8 Å². The fourth-order valence-electron chi connectivity index (χ4n) is 1.79. The van der Waals surface area contributed by atoms with Gasteiger partial charge in [0.25, 0.3) is 0 Å².